The number of nitrogens with one attached hydrogen (secondary N) is 1. The standard InChI is InChI=1S/C18H21ClN4O2/c1-23-7-6-12(9-23)13-8-14(22-18(19)20-13)21-16-11-4-2-10(3-5-11)15(16)17(24)25/h6-11,15-16H,2-5H2,1H3,(H,24,25)(H,20,21,22). The van der Waals surface area contributed by atoms with Gasteiger partial charge in [0.1, 0.15) is 5.82 Å². The van der Waals surface area contributed by atoms with Crippen LogP contribution in [0.3, 0.4) is 0 Å². The highest BCUT2D eigenvalue weighted by Gasteiger charge is 2.47. The molecule has 2 atom stereocenters. The van der Waals surface area contributed by atoms with Crippen LogP contribution in [0, 0.1) is 17.8 Å². The van der Waals surface area contributed by atoms with E-state index in [0.29, 0.717) is 11.7 Å². The lowest BCUT2D eigenvalue weighted by molar-refractivity contribution is -0.148. The molecule has 3 fully saturated rings. The molecule has 2 bridgehead atoms. The monoisotopic (exact) mass is 360 g/mol. The fourth-order valence-corrected chi connectivity index (χ4v) is 4.66. The van der Waals surface area contributed by atoms with Gasteiger partial charge < -0.3 is 15.0 Å². The number of carboxylic acids is 1. The maximum atomic E-state index is 11.8. The summed E-state index contributed by atoms with van der Waals surface area (Å²) in [6, 6.07) is 3.72. The second-order valence-corrected chi connectivity index (χ2v) is 7.52. The molecule has 25 heavy (non-hydrogen) atoms. The fourth-order valence-electron chi connectivity index (χ4n) is 4.48. The van der Waals surface area contributed by atoms with Crippen molar-refractivity contribution in [3.63, 3.8) is 0 Å². The summed E-state index contributed by atoms with van der Waals surface area (Å²) >= 11 is 6.12. The number of aryl methyl sites for hydroxylation is 1. The average molecular weight is 361 g/mol. The SMILES string of the molecule is Cn1ccc(-c2cc(NC3C4CCC(CC4)C3C(=O)O)nc(Cl)n2)c1. The van der Waals surface area contributed by atoms with Crippen molar-refractivity contribution in [2.75, 3.05) is 5.32 Å². The Kier molecular flexibility index (Phi) is 4.15. The number of aromatic nitrogens is 3. The molecule has 2 unspecified atom stereocenters. The molecular weight excluding hydrogens is 340 g/mol. The van der Waals surface area contributed by atoms with Gasteiger partial charge in [-0.2, -0.15) is 0 Å². The number of carbonyl (C=O) groups is 1. The number of anilines is 1. The number of rotatable bonds is 4. The summed E-state index contributed by atoms with van der Waals surface area (Å²) in [5.41, 5.74) is 1.69. The molecule has 5 rings (SSSR count). The number of halogens is 1. The summed E-state index contributed by atoms with van der Waals surface area (Å²) in [7, 11) is 1.95. The van der Waals surface area contributed by atoms with Crippen LogP contribution in [0.15, 0.2) is 24.5 Å². The van der Waals surface area contributed by atoms with Crippen molar-refractivity contribution in [2.24, 2.45) is 24.8 Å². The third-order valence-corrected chi connectivity index (χ3v) is 5.81. The molecule has 0 spiro atoms. The van der Waals surface area contributed by atoms with Crippen LogP contribution in [-0.2, 0) is 11.8 Å². The second kappa shape index (κ2) is 6.33. The number of fused-ring (bicyclic) bond motifs is 3. The quantitative estimate of drug-likeness (QED) is 0.816. The molecule has 3 saturated carbocycles. The maximum absolute atomic E-state index is 11.8. The Morgan fingerprint density at radius 3 is 2.64 bits per heavy atom. The Morgan fingerprint density at radius 1 is 1.28 bits per heavy atom. The Balaban J connectivity index is 1.63. The second-order valence-electron chi connectivity index (χ2n) is 7.18. The minimum absolute atomic E-state index is 0.0976. The zero-order chi connectivity index (χ0) is 17.6. The highest BCUT2D eigenvalue weighted by Crippen LogP contribution is 2.46. The lowest BCUT2D eigenvalue weighted by atomic mass is 9.61. The predicted octanol–water partition coefficient (Wildman–Crippen LogP) is 3.44. The van der Waals surface area contributed by atoms with Gasteiger partial charge in [-0.15, -0.1) is 0 Å². The molecule has 2 heterocycles. The number of carboxylic acid groups (broad SMARTS) is 1. The Morgan fingerprint density at radius 2 is 2.00 bits per heavy atom. The van der Waals surface area contributed by atoms with Gasteiger partial charge in [0.15, 0.2) is 0 Å². The van der Waals surface area contributed by atoms with Crippen LogP contribution in [0.1, 0.15) is 25.7 Å². The van der Waals surface area contributed by atoms with Crippen LogP contribution >= 0.6 is 11.6 Å². The number of hydrogen-bond donors (Lipinski definition) is 2. The van der Waals surface area contributed by atoms with Crippen LogP contribution in [0.5, 0.6) is 0 Å². The molecule has 132 valence electrons. The Hall–Kier alpha value is -2.08. The molecule has 7 heteroatoms. The molecule has 6 nitrogen and oxygen atoms in total. The van der Waals surface area contributed by atoms with Gasteiger partial charge >= 0.3 is 5.97 Å². The van der Waals surface area contributed by atoms with Gasteiger partial charge in [-0.1, -0.05) is 0 Å². The minimum Gasteiger partial charge on any atom is -0.481 e. The Bertz CT molecular complexity index is 798. The maximum Gasteiger partial charge on any atom is 0.308 e. The zero-order valence-electron chi connectivity index (χ0n) is 14.0. The van der Waals surface area contributed by atoms with Gasteiger partial charge in [-0.25, -0.2) is 9.97 Å². The molecule has 0 amide bonds. The lowest BCUT2D eigenvalue weighted by Gasteiger charge is -2.47. The van der Waals surface area contributed by atoms with Gasteiger partial charge in [-0.3, -0.25) is 4.79 Å². The van der Waals surface area contributed by atoms with Crippen LogP contribution < -0.4 is 5.32 Å². The number of hydrogen-bond acceptors (Lipinski definition) is 4. The summed E-state index contributed by atoms with van der Waals surface area (Å²) < 4.78 is 1.94. The third-order valence-electron chi connectivity index (χ3n) is 5.65. The van der Waals surface area contributed by atoms with Crippen molar-refractivity contribution in [3.05, 3.63) is 29.8 Å². The van der Waals surface area contributed by atoms with Gasteiger partial charge in [0.05, 0.1) is 11.6 Å². The largest absolute Gasteiger partial charge is 0.481 e. The van der Waals surface area contributed by atoms with E-state index >= 15 is 0 Å². The van der Waals surface area contributed by atoms with Gasteiger partial charge in [-0.05, 0) is 55.2 Å². The summed E-state index contributed by atoms with van der Waals surface area (Å²) in [4.78, 5) is 20.4. The van der Waals surface area contributed by atoms with E-state index < -0.39 is 5.97 Å². The van der Waals surface area contributed by atoms with Gasteiger partial charge in [0.25, 0.3) is 0 Å². The van der Waals surface area contributed by atoms with E-state index in [9.17, 15) is 9.90 Å². The average Bonchev–Trinajstić information content (AvgIpc) is 3.01. The van der Waals surface area contributed by atoms with Crippen LogP contribution in [-0.4, -0.2) is 31.7 Å². The van der Waals surface area contributed by atoms with Crippen molar-refractivity contribution in [2.45, 2.75) is 31.7 Å². The highest BCUT2D eigenvalue weighted by atomic mass is 35.5. The molecule has 3 aliphatic carbocycles. The van der Waals surface area contributed by atoms with E-state index in [1.807, 2.05) is 36.1 Å². The molecule has 0 radical (unpaired) electrons. The number of aliphatic carboxylic acids is 1. The first-order valence-corrected chi connectivity index (χ1v) is 9.05. The molecule has 0 aliphatic heterocycles. The van der Waals surface area contributed by atoms with Gasteiger partial charge in [0, 0.05) is 37.1 Å². The van der Waals surface area contributed by atoms with Crippen LogP contribution in [0.2, 0.25) is 5.28 Å². The first kappa shape index (κ1) is 16.4. The highest BCUT2D eigenvalue weighted by molar-refractivity contribution is 6.28. The zero-order valence-corrected chi connectivity index (χ0v) is 14.8. The molecule has 3 aliphatic rings. The van der Waals surface area contributed by atoms with Crippen LogP contribution in [0.25, 0.3) is 11.3 Å². The summed E-state index contributed by atoms with van der Waals surface area (Å²) in [6.07, 6.45) is 8.09. The van der Waals surface area contributed by atoms with Gasteiger partial charge in [0.2, 0.25) is 5.28 Å². The first-order valence-electron chi connectivity index (χ1n) is 8.67. The third kappa shape index (κ3) is 3.11. The minimum atomic E-state index is -0.713. The van der Waals surface area contributed by atoms with Crippen molar-refractivity contribution >= 4 is 23.4 Å². The molecule has 0 saturated heterocycles. The summed E-state index contributed by atoms with van der Waals surface area (Å²) in [5.74, 6) is 0.158. The molecule has 2 N–H and O–H groups in total. The van der Waals surface area contributed by atoms with Crippen LogP contribution in [0.4, 0.5) is 5.82 Å². The normalized spacial score (nSPS) is 28.1. The van der Waals surface area contributed by atoms with Crippen molar-refractivity contribution in [1.29, 1.82) is 0 Å². The number of nitrogens with zero attached hydrogens (tertiary/aromatic N) is 3. The van der Waals surface area contributed by atoms with E-state index in [4.69, 9.17) is 11.6 Å². The molecule has 2 aromatic rings. The van der Waals surface area contributed by atoms with Crippen molar-refractivity contribution in [3.8, 4) is 11.3 Å². The molecule has 0 aromatic carbocycles. The first-order chi connectivity index (χ1) is 12.0. The fraction of sp³-hybridized carbons (Fsp3) is 0.500. The van der Waals surface area contributed by atoms with E-state index in [1.165, 1.54) is 0 Å². The van der Waals surface area contributed by atoms with E-state index in [-0.39, 0.29) is 23.2 Å². The summed E-state index contributed by atoms with van der Waals surface area (Å²) in [5, 5.41) is 13.2. The topological polar surface area (TPSA) is 80.0 Å². The van der Waals surface area contributed by atoms with E-state index in [0.717, 1.165) is 36.9 Å². The predicted molar refractivity (Wildman–Crippen MR) is 95.4 cm³/mol. The van der Waals surface area contributed by atoms with Crippen molar-refractivity contribution < 1.29 is 9.90 Å². The smallest absolute Gasteiger partial charge is 0.308 e. The Labute approximate surface area is 151 Å². The summed E-state index contributed by atoms with van der Waals surface area (Å²) in [6.45, 7) is 0. The van der Waals surface area contributed by atoms with E-state index in [1.54, 1.807) is 0 Å². The van der Waals surface area contributed by atoms with Crippen molar-refractivity contribution in [1.82, 2.24) is 14.5 Å². The molecular formula is C18H21ClN4O2. The van der Waals surface area contributed by atoms with E-state index in [2.05, 4.69) is 15.3 Å². The molecule has 2 aromatic heterocycles. The lowest BCUT2D eigenvalue weighted by Crippen LogP contribution is -2.51.